The fraction of sp³-hybridized carbons (Fsp3) is 0.562. The van der Waals surface area contributed by atoms with E-state index in [1.54, 1.807) is 0 Å². The second-order valence-electron chi connectivity index (χ2n) is 6.38. The van der Waals surface area contributed by atoms with E-state index < -0.39 is 11.0 Å². The molecule has 0 radical (unpaired) electrons. The first-order valence-electron chi connectivity index (χ1n) is 6.44. The van der Waals surface area contributed by atoms with E-state index in [4.69, 9.17) is 5.73 Å². The number of Topliss-reactive ketones (excluding diaryl/α,β-unsaturated/α-hetero) is 1. The van der Waals surface area contributed by atoms with Crippen LogP contribution in [0.2, 0.25) is 0 Å². The molecule has 0 spiro atoms. The van der Waals surface area contributed by atoms with E-state index in [1.807, 2.05) is 41.5 Å². The molecule has 0 aliphatic heterocycles. The van der Waals surface area contributed by atoms with E-state index in [2.05, 4.69) is 18.2 Å². The van der Waals surface area contributed by atoms with Crippen molar-refractivity contribution < 1.29 is 4.79 Å². The molecule has 0 saturated carbocycles. The van der Waals surface area contributed by atoms with Crippen molar-refractivity contribution >= 4 is 5.78 Å². The van der Waals surface area contributed by atoms with Gasteiger partial charge in [-0.2, -0.15) is 0 Å². The van der Waals surface area contributed by atoms with Crippen LogP contribution in [0.4, 0.5) is 0 Å². The number of nitrogens with two attached hydrogens (primary N) is 1. The molecule has 2 heteroatoms. The molecule has 0 amide bonds. The molecule has 0 aliphatic carbocycles. The van der Waals surface area contributed by atoms with E-state index >= 15 is 0 Å². The third-order valence-electron chi connectivity index (χ3n) is 4.16. The summed E-state index contributed by atoms with van der Waals surface area (Å²) >= 11 is 0. The van der Waals surface area contributed by atoms with Crippen LogP contribution in [0.3, 0.4) is 0 Å². The Hall–Kier alpha value is -1.15. The molecule has 0 fully saturated rings. The van der Waals surface area contributed by atoms with Crippen molar-refractivity contribution in [1.82, 2.24) is 0 Å². The zero-order valence-corrected chi connectivity index (χ0v) is 12.4. The van der Waals surface area contributed by atoms with Gasteiger partial charge in [-0.3, -0.25) is 4.79 Å². The average molecular weight is 247 g/mol. The van der Waals surface area contributed by atoms with Gasteiger partial charge in [0.2, 0.25) is 0 Å². The summed E-state index contributed by atoms with van der Waals surface area (Å²) in [5, 5.41) is 0. The highest BCUT2D eigenvalue weighted by Gasteiger charge is 2.39. The Bertz CT molecular complexity index is 453. The maximum Gasteiger partial charge on any atom is 0.144 e. The van der Waals surface area contributed by atoms with Gasteiger partial charge in [0.05, 0.1) is 0 Å². The van der Waals surface area contributed by atoms with Crippen molar-refractivity contribution in [2.75, 3.05) is 0 Å². The number of carbonyl (C=O) groups excluding carboxylic acids is 1. The van der Waals surface area contributed by atoms with E-state index in [1.165, 1.54) is 11.1 Å². The summed E-state index contributed by atoms with van der Waals surface area (Å²) in [6, 6.07) is 6.23. The lowest BCUT2D eigenvalue weighted by molar-refractivity contribution is -0.129. The first-order chi connectivity index (χ1) is 8.05. The number of aryl methyl sites for hydroxylation is 2. The van der Waals surface area contributed by atoms with Crippen LogP contribution in [0.25, 0.3) is 0 Å². The van der Waals surface area contributed by atoms with Crippen LogP contribution in [0.1, 0.15) is 44.4 Å². The standard InChI is InChI=1S/C16H25NO/c1-11-7-8-12(2)13(9-11)10-14(18)15(3,4)16(5,6)17/h7-9H,10,17H2,1-6H3. The van der Waals surface area contributed by atoms with Gasteiger partial charge >= 0.3 is 0 Å². The zero-order chi connectivity index (χ0) is 14.1. The second kappa shape index (κ2) is 4.85. The van der Waals surface area contributed by atoms with Crippen LogP contribution in [0, 0.1) is 19.3 Å². The van der Waals surface area contributed by atoms with Crippen molar-refractivity contribution in [3.05, 3.63) is 34.9 Å². The highest BCUT2D eigenvalue weighted by atomic mass is 16.1. The molecule has 1 aromatic rings. The molecule has 0 unspecified atom stereocenters. The third kappa shape index (κ3) is 2.99. The van der Waals surface area contributed by atoms with Crippen molar-refractivity contribution in [1.29, 1.82) is 0 Å². The lowest BCUT2D eigenvalue weighted by Gasteiger charge is -2.37. The predicted octanol–water partition coefficient (Wildman–Crippen LogP) is 3.18. The Morgan fingerprint density at radius 1 is 1.17 bits per heavy atom. The van der Waals surface area contributed by atoms with Crippen LogP contribution >= 0.6 is 0 Å². The molecular weight excluding hydrogens is 222 g/mol. The van der Waals surface area contributed by atoms with Crippen LogP contribution in [0.15, 0.2) is 18.2 Å². The summed E-state index contributed by atoms with van der Waals surface area (Å²) in [4.78, 5) is 12.5. The minimum atomic E-state index is -0.525. The number of carbonyl (C=O) groups is 1. The Morgan fingerprint density at radius 2 is 1.72 bits per heavy atom. The second-order valence-corrected chi connectivity index (χ2v) is 6.38. The predicted molar refractivity (Wildman–Crippen MR) is 76.7 cm³/mol. The molecular formula is C16H25NO. The van der Waals surface area contributed by atoms with Crippen LogP contribution in [-0.4, -0.2) is 11.3 Å². The molecule has 0 aliphatic rings. The van der Waals surface area contributed by atoms with Gasteiger partial charge in [-0.15, -0.1) is 0 Å². The van der Waals surface area contributed by atoms with Crippen LogP contribution in [-0.2, 0) is 11.2 Å². The van der Waals surface area contributed by atoms with E-state index in [9.17, 15) is 4.79 Å². The lowest BCUT2D eigenvalue weighted by atomic mass is 9.70. The Morgan fingerprint density at radius 3 is 2.22 bits per heavy atom. The lowest BCUT2D eigenvalue weighted by Crippen LogP contribution is -2.52. The highest BCUT2D eigenvalue weighted by Crippen LogP contribution is 2.31. The molecule has 0 heterocycles. The Labute approximate surface area is 111 Å². The number of benzene rings is 1. The van der Waals surface area contributed by atoms with E-state index in [0.717, 1.165) is 5.56 Å². The highest BCUT2D eigenvalue weighted by molar-refractivity contribution is 5.87. The molecule has 1 aromatic carbocycles. The molecule has 0 saturated heterocycles. The molecule has 0 aromatic heterocycles. The van der Waals surface area contributed by atoms with E-state index in [-0.39, 0.29) is 5.78 Å². The number of rotatable bonds is 4. The number of hydrogen-bond donors (Lipinski definition) is 1. The number of hydrogen-bond acceptors (Lipinski definition) is 2. The normalized spacial score (nSPS) is 12.6. The van der Waals surface area contributed by atoms with Gasteiger partial charge in [0.15, 0.2) is 0 Å². The largest absolute Gasteiger partial charge is 0.325 e. The first kappa shape index (κ1) is 14.9. The van der Waals surface area contributed by atoms with Gasteiger partial charge in [0.1, 0.15) is 5.78 Å². The Balaban J connectivity index is 2.98. The molecule has 100 valence electrons. The van der Waals surface area contributed by atoms with Crippen molar-refractivity contribution in [2.24, 2.45) is 11.1 Å². The first-order valence-corrected chi connectivity index (χ1v) is 6.44. The molecule has 2 N–H and O–H groups in total. The third-order valence-corrected chi connectivity index (χ3v) is 4.16. The minimum Gasteiger partial charge on any atom is -0.325 e. The Kier molecular flexibility index (Phi) is 4.02. The summed E-state index contributed by atoms with van der Waals surface area (Å²) in [5.41, 5.74) is 8.54. The fourth-order valence-corrected chi connectivity index (χ4v) is 1.74. The smallest absolute Gasteiger partial charge is 0.144 e. The van der Waals surface area contributed by atoms with E-state index in [0.29, 0.717) is 6.42 Å². The van der Waals surface area contributed by atoms with Crippen molar-refractivity contribution in [3.63, 3.8) is 0 Å². The topological polar surface area (TPSA) is 43.1 Å². The molecule has 0 atom stereocenters. The maximum atomic E-state index is 12.5. The van der Waals surface area contributed by atoms with Gasteiger partial charge in [-0.05, 0) is 38.8 Å². The van der Waals surface area contributed by atoms with Crippen LogP contribution < -0.4 is 5.73 Å². The van der Waals surface area contributed by atoms with Gasteiger partial charge in [-0.25, -0.2) is 0 Å². The monoisotopic (exact) mass is 247 g/mol. The summed E-state index contributed by atoms with van der Waals surface area (Å²) in [7, 11) is 0. The van der Waals surface area contributed by atoms with Gasteiger partial charge in [-0.1, -0.05) is 37.6 Å². The molecule has 0 bridgehead atoms. The van der Waals surface area contributed by atoms with Crippen LogP contribution in [0.5, 0.6) is 0 Å². The summed E-state index contributed by atoms with van der Waals surface area (Å²) < 4.78 is 0. The van der Waals surface area contributed by atoms with Gasteiger partial charge < -0.3 is 5.73 Å². The zero-order valence-electron chi connectivity index (χ0n) is 12.4. The molecule has 1 rings (SSSR count). The van der Waals surface area contributed by atoms with Crippen molar-refractivity contribution in [3.8, 4) is 0 Å². The SMILES string of the molecule is Cc1ccc(C)c(CC(=O)C(C)(C)C(C)(C)N)c1. The maximum absolute atomic E-state index is 12.5. The molecule has 18 heavy (non-hydrogen) atoms. The fourth-order valence-electron chi connectivity index (χ4n) is 1.74. The van der Waals surface area contributed by atoms with Gasteiger partial charge in [0, 0.05) is 17.4 Å². The van der Waals surface area contributed by atoms with Gasteiger partial charge in [0.25, 0.3) is 0 Å². The summed E-state index contributed by atoms with van der Waals surface area (Å²) in [6.45, 7) is 11.8. The minimum absolute atomic E-state index is 0.198. The number of ketones is 1. The van der Waals surface area contributed by atoms with Crippen molar-refractivity contribution in [2.45, 2.75) is 53.5 Å². The average Bonchev–Trinajstić information content (AvgIpc) is 2.21. The molecule has 2 nitrogen and oxygen atoms in total. The summed E-state index contributed by atoms with van der Waals surface area (Å²) in [5.74, 6) is 0.198. The quantitative estimate of drug-likeness (QED) is 0.888. The summed E-state index contributed by atoms with van der Waals surface area (Å²) in [6.07, 6.45) is 0.459.